The fraction of sp³-hybridized carbons (Fsp3) is 0.591. The zero-order valence-corrected chi connectivity index (χ0v) is 15.7. The van der Waals surface area contributed by atoms with Crippen molar-refractivity contribution in [1.82, 2.24) is 9.78 Å². The Morgan fingerprint density at radius 1 is 1.00 bits per heavy atom. The van der Waals surface area contributed by atoms with Gasteiger partial charge in [0.2, 0.25) is 0 Å². The standard InChI is InChI=1S/C22H24F3N3/c23-22(24,25)17-3-1-2-4-18(17)28-20-16(5-6-26-20)19(27-28)21-10-13-7-14(11-21)9-15(8-13)12-21/h1-4,13-15,26H,5-12H2. The van der Waals surface area contributed by atoms with Crippen molar-refractivity contribution in [3.05, 3.63) is 41.1 Å². The van der Waals surface area contributed by atoms with Crippen LogP contribution in [0.2, 0.25) is 0 Å². The first-order valence-corrected chi connectivity index (χ1v) is 10.5. The number of alkyl halides is 3. The molecule has 0 unspecified atom stereocenters. The van der Waals surface area contributed by atoms with E-state index in [1.165, 1.54) is 50.2 Å². The third-order valence-electron chi connectivity index (χ3n) is 7.63. The van der Waals surface area contributed by atoms with E-state index in [4.69, 9.17) is 5.10 Å². The third-order valence-corrected chi connectivity index (χ3v) is 7.63. The minimum Gasteiger partial charge on any atom is -0.369 e. The van der Waals surface area contributed by atoms with Gasteiger partial charge in [-0.1, -0.05) is 12.1 Å². The Morgan fingerprint density at radius 3 is 2.29 bits per heavy atom. The number of aromatic nitrogens is 2. The Bertz CT molecular complexity index is 908. The minimum absolute atomic E-state index is 0.0866. The van der Waals surface area contributed by atoms with E-state index in [1.54, 1.807) is 16.8 Å². The summed E-state index contributed by atoms with van der Waals surface area (Å²) in [5, 5.41) is 8.25. The predicted molar refractivity (Wildman–Crippen MR) is 101 cm³/mol. The highest BCUT2D eigenvalue weighted by Crippen LogP contribution is 2.61. The molecule has 1 aromatic carbocycles. The van der Waals surface area contributed by atoms with Gasteiger partial charge in [0, 0.05) is 17.5 Å². The average Bonchev–Trinajstić information content (AvgIpc) is 3.22. The van der Waals surface area contributed by atoms with Gasteiger partial charge in [0.25, 0.3) is 0 Å². The van der Waals surface area contributed by atoms with E-state index in [-0.39, 0.29) is 11.1 Å². The lowest BCUT2D eigenvalue weighted by atomic mass is 9.48. The quantitative estimate of drug-likeness (QED) is 0.755. The smallest absolute Gasteiger partial charge is 0.369 e. The Labute approximate surface area is 162 Å². The number of halogens is 3. The lowest BCUT2D eigenvalue weighted by Gasteiger charge is -2.56. The van der Waals surface area contributed by atoms with Crippen LogP contribution in [0.5, 0.6) is 0 Å². The van der Waals surface area contributed by atoms with Crippen LogP contribution < -0.4 is 5.32 Å². The van der Waals surface area contributed by atoms with Crippen molar-refractivity contribution >= 4 is 5.82 Å². The molecule has 28 heavy (non-hydrogen) atoms. The van der Waals surface area contributed by atoms with Gasteiger partial charge in [0.05, 0.1) is 16.9 Å². The van der Waals surface area contributed by atoms with Crippen molar-refractivity contribution in [2.45, 2.75) is 56.5 Å². The number of fused-ring (bicyclic) bond motifs is 1. The fourth-order valence-corrected chi connectivity index (χ4v) is 7.07. The van der Waals surface area contributed by atoms with E-state index >= 15 is 0 Å². The maximum absolute atomic E-state index is 13.6. The molecule has 0 saturated heterocycles. The summed E-state index contributed by atoms with van der Waals surface area (Å²) in [4.78, 5) is 0. The molecule has 148 valence electrons. The summed E-state index contributed by atoms with van der Waals surface area (Å²) >= 11 is 0. The van der Waals surface area contributed by atoms with Gasteiger partial charge < -0.3 is 5.32 Å². The molecule has 3 nitrogen and oxygen atoms in total. The first-order valence-electron chi connectivity index (χ1n) is 10.5. The highest BCUT2D eigenvalue weighted by Gasteiger charge is 2.54. The third kappa shape index (κ3) is 2.32. The number of para-hydroxylation sites is 1. The minimum atomic E-state index is -4.39. The molecule has 1 aliphatic heterocycles. The maximum atomic E-state index is 13.6. The molecule has 0 radical (unpaired) electrons. The molecule has 2 aromatic rings. The fourth-order valence-electron chi connectivity index (χ4n) is 7.07. The first kappa shape index (κ1) is 16.9. The van der Waals surface area contributed by atoms with Crippen molar-refractivity contribution in [3.8, 4) is 5.69 Å². The van der Waals surface area contributed by atoms with Gasteiger partial charge in [-0.05, 0) is 74.8 Å². The second-order valence-corrected chi connectivity index (χ2v) is 9.48. The lowest BCUT2D eigenvalue weighted by Crippen LogP contribution is -2.49. The number of rotatable bonds is 2. The number of nitrogens with one attached hydrogen (secondary N) is 1. The number of benzene rings is 1. The molecular formula is C22H24F3N3. The summed E-state index contributed by atoms with van der Waals surface area (Å²) in [7, 11) is 0. The summed E-state index contributed by atoms with van der Waals surface area (Å²) < 4.78 is 42.5. The van der Waals surface area contributed by atoms with E-state index in [0.29, 0.717) is 0 Å². The van der Waals surface area contributed by atoms with Crippen LogP contribution in [0, 0.1) is 17.8 Å². The summed E-state index contributed by atoms with van der Waals surface area (Å²) in [6, 6.07) is 5.81. The van der Waals surface area contributed by atoms with Crippen LogP contribution in [-0.4, -0.2) is 16.3 Å². The molecule has 4 bridgehead atoms. The molecule has 0 atom stereocenters. The van der Waals surface area contributed by atoms with Gasteiger partial charge in [-0.2, -0.15) is 18.3 Å². The van der Waals surface area contributed by atoms with E-state index in [9.17, 15) is 13.2 Å². The van der Waals surface area contributed by atoms with Crippen molar-refractivity contribution < 1.29 is 13.2 Å². The molecule has 1 aromatic heterocycles. The summed E-state index contributed by atoms with van der Waals surface area (Å²) in [5.41, 5.74) is 1.87. The maximum Gasteiger partial charge on any atom is 0.418 e. The normalized spacial score (nSPS) is 33.2. The van der Waals surface area contributed by atoms with Crippen LogP contribution >= 0.6 is 0 Å². The summed E-state index contributed by atoms with van der Waals surface area (Å²) in [6.45, 7) is 0.779. The molecular weight excluding hydrogens is 363 g/mol. The topological polar surface area (TPSA) is 29.9 Å². The van der Waals surface area contributed by atoms with Crippen LogP contribution in [0.25, 0.3) is 5.69 Å². The summed E-state index contributed by atoms with van der Waals surface area (Å²) in [6.07, 6.45) is 4.01. The van der Waals surface area contributed by atoms with Gasteiger partial charge in [-0.25, -0.2) is 4.68 Å². The van der Waals surface area contributed by atoms with Crippen LogP contribution in [0.4, 0.5) is 19.0 Å². The van der Waals surface area contributed by atoms with Gasteiger partial charge in [-0.15, -0.1) is 0 Å². The van der Waals surface area contributed by atoms with Gasteiger partial charge in [0.1, 0.15) is 5.82 Å². The second kappa shape index (κ2) is 5.55. The van der Waals surface area contributed by atoms with Crippen LogP contribution in [-0.2, 0) is 18.0 Å². The molecule has 4 saturated carbocycles. The second-order valence-electron chi connectivity index (χ2n) is 9.48. The van der Waals surface area contributed by atoms with Crippen molar-refractivity contribution in [1.29, 1.82) is 0 Å². The molecule has 1 N–H and O–H groups in total. The monoisotopic (exact) mass is 387 g/mol. The SMILES string of the molecule is FC(F)(F)c1ccccc1-n1nc(C23CC4CC(CC(C4)C2)C3)c2c1NCC2. The van der Waals surface area contributed by atoms with Gasteiger partial charge >= 0.3 is 6.18 Å². The molecule has 0 amide bonds. The van der Waals surface area contributed by atoms with Crippen molar-refractivity contribution in [2.75, 3.05) is 11.9 Å². The Hall–Kier alpha value is -1.98. The largest absolute Gasteiger partial charge is 0.418 e. The zero-order valence-electron chi connectivity index (χ0n) is 15.7. The van der Waals surface area contributed by atoms with Gasteiger partial charge in [-0.3, -0.25) is 0 Å². The number of hydrogen-bond acceptors (Lipinski definition) is 2. The summed E-state index contributed by atoms with van der Waals surface area (Å²) in [5.74, 6) is 3.12. The molecule has 0 spiro atoms. The number of anilines is 1. The highest BCUT2D eigenvalue weighted by atomic mass is 19.4. The molecule has 5 aliphatic rings. The van der Waals surface area contributed by atoms with Crippen molar-refractivity contribution in [2.24, 2.45) is 17.8 Å². The van der Waals surface area contributed by atoms with E-state index in [1.807, 2.05) is 0 Å². The lowest BCUT2D eigenvalue weighted by molar-refractivity contribution is -0.137. The number of hydrogen-bond donors (Lipinski definition) is 1. The molecule has 4 aliphatic carbocycles. The Morgan fingerprint density at radius 2 is 1.64 bits per heavy atom. The van der Waals surface area contributed by atoms with E-state index in [0.717, 1.165) is 48.3 Å². The highest BCUT2D eigenvalue weighted by molar-refractivity contribution is 5.60. The number of nitrogens with zero attached hydrogens (tertiary/aromatic N) is 2. The first-order chi connectivity index (χ1) is 13.4. The van der Waals surface area contributed by atoms with E-state index < -0.39 is 11.7 Å². The molecule has 6 heteroatoms. The Balaban J connectivity index is 1.51. The van der Waals surface area contributed by atoms with E-state index in [2.05, 4.69) is 5.32 Å². The molecule has 4 fully saturated rings. The molecule has 2 heterocycles. The van der Waals surface area contributed by atoms with Crippen LogP contribution in [0.15, 0.2) is 24.3 Å². The van der Waals surface area contributed by atoms with Gasteiger partial charge in [0.15, 0.2) is 0 Å². The van der Waals surface area contributed by atoms with Crippen LogP contribution in [0.3, 0.4) is 0 Å². The molecule has 7 rings (SSSR count). The Kier molecular flexibility index (Phi) is 3.35. The zero-order chi connectivity index (χ0) is 19.1. The van der Waals surface area contributed by atoms with Crippen LogP contribution in [0.1, 0.15) is 55.3 Å². The van der Waals surface area contributed by atoms with Crippen molar-refractivity contribution in [3.63, 3.8) is 0 Å². The predicted octanol–water partition coefficient (Wildman–Crippen LogP) is 5.33. The average molecular weight is 387 g/mol.